The summed E-state index contributed by atoms with van der Waals surface area (Å²) in [6.07, 6.45) is 0. The van der Waals surface area contributed by atoms with E-state index in [1.165, 1.54) is 0 Å². The number of para-hydroxylation sites is 1. The first-order valence-electron chi connectivity index (χ1n) is 7.24. The molecule has 0 saturated heterocycles. The third-order valence-electron chi connectivity index (χ3n) is 3.48. The predicted octanol–water partition coefficient (Wildman–Crippen LogP) is 4.19. The van der Waals surface area contributed by atoms with Gasteiger partial charge >= 0.3 is 0 Å². The minimum Gasteiger partial charge on any atom is -0.321 e. The van der Waals surface area contributed by atoms with Gasteiger partial charge in [-0.3, -0.25) is 4.79 Å². The molecule has 1 amide bonds. The molecular formula is C17H14Cl2N4O. The van der Waals surface area contributed by atoms with E-state index in [0.29, 0.717) is 28.0 Å². The Kier molecular flexibility index (Phi) is 4.83. The largest absolute Gasteiger partial charge is 0.321 e. The molecule has 0 aliphatic heterocycles. The molecule has 7 heteroatoms. The van der Waals surface area contributed by atoms with Crippen molar-refractivity contribution in [2.75, 3.05) is 5.32 Å². The minimum absolute atomic E-state index is 0.284. The fourth-order valence-corrected chi connectivity index (χ4v) is 2.88. The van der Waals surface area contributed by atoms with Crippen LogP contribution in [0.5, 0.6) is 0 Å². The number of rotatable bonds is 4. The molecule has 0 atom stereocenters. The molecule has 0 spiro atoms. The van der Waals surface area contributed by atoms with Gasteiger partial charge in [-0.1, -0.05) is 46.6 Å². The molecule has 0 bridgehead atoms. The Morgan fingerprint density at radius 2 is 1.79 bits per heavy atom. The molecule has 3 aromatic rings. The number of aromatic nitrogens is 3. The number of nitrogens with zero attached hydrogens (tertiary/aromatic N) is 3. The van der Waals surface area contributed by atoms with Crippen molar-refractivity contribution in [1.29, 1.82) is 0 Å². The van der Waals surface area contributed by atoms with Crippen molar-refractivity contribution >= 4 is 34.8 Å². The SMILES string of the molecule is Cc1c(C(=O)Nc2ccccc2)nnn1Cc1cc(Cl)cc(Cl)c1. The maximum absolute atomic E-state index is 12.3. The monoisotopic (exact) mass is 360 g/mol. The highest BCUT2D eigenvalue weighted by atomic mass is 35.5. The number of amides is 1. The summed E-state index contributed by atoms with van der Waals surface area (Å²) in [6.45, 7) is 2.23. The Labute approximate surface area is 149 Å². The molecular weight excluding hydrogens is 347 g/mol. The van der Waals surface area contributed by atoms with Crippen molar-refractivity contribution in [1.82, 2.24) is 15.0 Å². The number of benzene rings is 2. The van der Waals surface area contributed by atoms with Crippen LogP contribution >= 0.6 is 23.2 Å². The van der Waals surface area contributed by atoms with Gasteiger partial charge in [0.1, 0.15) is 0 Å². The minimum atomic E-state index is -0.297. The van der Waals surface area contributed by atoms with Crippen LogP contribution in [-0.2, 0) is 6.54 Å². The van der Waals surface area contributed by atoms with Gasteiger partial charge in [0.15, 0.2) is 5.69 Å². The number of carbonyl (C=O) groups excluding carboxylic acids is 1. The van der Waals surface area contributed by atoms with Crippen molar-refractivity contribution in [3.8, 4) is 0 Å². The number of halogens is 2. The van der Waals surface area contributed by atoms with Gasteiger partial charge in [-0.05, 0) is 42.8 Å². The topological polar surface area (TPSA) is 59.8 Å². The van der Waals surface area contributed by atoms with Gasteiger partial charge in [0, 0.05) is 15.7 Å². The lowest BCUT2D eigenvalue weighted by Crippen LogP contribution is -2.14. The summed E-state index contributed by atoms with van der Waals surface area (Å²) in [4.78, 5) is 12.3. The average Bonchev–Trinajstić information content (AvgIpc) is 2.88. The molecule has 0 unspecified atom stereocenters. The van der Waals surface area contributed by atoms with Crippen LogP contribution in [0.3, 0.4) is 0 Å². The predicted molar refractivity (Wildman–Crippen MR) is 94.7 cm³/mol. The smallest absolute Gasteiger partial charge is 0.278 e. The molecule has 0 radical (unpaired) electrons. The van der Waals surface area contributed by atoms with Crippen LogP contribution < -0.4 is 5.32 Å². The Morgan fingerprint density at radius 1 is 1.12 bits per heavy atom. The van der Waals surface area contributed by atoms with Crippen molar-refractivity contribution in [2.24, 2.45) is 0 Å². The van der Waals surface area contributed by atoms with Crippen LogP contribution in [0.4, 0.5) is 5.69 Å². The quantitative estimate of drug-likeness (QED) is 0.758. The second kappa shape index (κ2) is 7.03. The molecule has 0 saturated carbocycles. The van der Waals surface area contributed by atoms with Crippen LogP contribution in [0.1, 0.15) is 21.7 Å². The second-order valence-electron chi connectivity index (χ2n) is 5.28. The lowest BCUT2D eigenvalue weighted by atomic mass is 10.2. The van der Waals surface area contributed by atoms with Crippen LogP contribution in [-0.4, -0.2) is 20.9 Å². The van der Waals surface area contributed by atoms with E-state index in [1.807, 2.05) is 30.3 Å². The number of hydrogen-bond donors (Lipinski definition) is 1. The Hall–Kier alpha value is -2.37. The summed E-state index contributed by atoms with van der Waals surface area (Å²) >= 11 is 12.0. The van der Waals surface area contributed by atoms with Crippen molar-refractivity contribution < 1.29 is 4.79 Å². The molecule has 1 heterocycles. The first-order chi connectivity index (χ1) is 11.5. The Morgan fingerprint density at radius 3 is 2.46 bits per heavy atom. The van der Waals surface area contributed by atoms with Gasteiger partial charge in [-0.2, -0.15) is 0 Å². The number of hydrogen-bond acceptors (Lipinski definition) is 3. The molecule has 1 aromatic heterocycles. The molecule has 122 valence electrons. The normalized spacial score (nSPS) is 10.6. The van der Waals surface area contributed by atoms with Gasteiger partial charge in [-0.25, -0.2) is 4.68 Å². The lowest BCUT2D eigenvalue weighted by Gasteiger charge is -2.06. The fraction of sp³-hybridized carbons (Fsp3) is 0.118. The van der Waals surface area contributed by atoms with E-state index in [9.17, 15) is 4.79 Å². The van der Waals surface area contributed by atoms with E-state index >= 15 is 0 Å². The Balaban J connectivity index is 1.79. The first-order valence-corrected chi connectivity index (χ1v) is 8.00. The first kappa shape index (κ1) is 16.5. The summed E-state index contributed by atoms with van der Waals surface area (Å²) in [6, 6.07) is 14.5. The zero-order valence-electron chi connectivity index (χ0n) is 12.8. The Bertz CT molecular complexity index is 857. The van der Waals surface area contributed by atoms with Gasteiger partial charge in [0.05, 0.1) is 12.2 Å². The molecule has 0 aliphatic carbocycles. The van der Waals surface area contributed by atoms with Crippen molar-refractivity contribution in [2.45, 2.75) is 13.5 Å². The fourth-order valence-electron chi connectivity index (χ4n) is 2.31. The molecule has 2 aromatic carbocycles. The molecule has 3 rings (SSSR count). The standard InChI is InChI=1S/C17H14Cl2N4O/c1-11-16(17(24)20-15-5-3-2-4-6-15)21-22-23(11)10-12-7-13(18)9-14(19)8-12/h2-9H,10H2,1H3,(H,20,24). The lowest BCUT2D eigenvalue weighted by molar-refractivity contribution is 0.102. The highest BCUT2D eigenvalue weighted by molar-refractivity contribution is 6.34. The third kappa shape index (κ3) is 3.75. The van der Waals surface area contributed by atoms with Crippen LogP contribution in [0.25, 0.3) is 0 Å². The molecule has 24 heavy (non-hydrogen) atoms. The second-order valence-corrected chi connectivity index (χ2v) is 6.15. The molecule has 0 aliphatic rings. The molecule has 0 fully saturated rings. The van der Waals surface area contributed by atoms with E-state index in [2.05, 4.69) is 15.6 Å². The van der Waals surface area contributed by atoms with E-state index in [1.54, 1.807) is 29.8 Å². The summed E-state index contributed by atoms with van der Waals surface area (Å²) in [5, 5.41) is 11.9. The van der Waals surface area contributed by atoms with Crippen molar-refractivity contribution in [3.05, 3.63) is 75.5 Å². The summed E-state index contributed by atoms with van der Waals surface area (Å²) in [7, 11) is 0. The van der Waals surface area contributed by atoms with Gasteiger partial charge in [-0.15, -0.1) is 5.10 Å². The summed E-state index contributed by atoms with van der Waals surface area (Å²) in [5.74, 6) is -0.297. The number of anilines is 1. The number of nitrogens with one attached hydrogen (secondary N) is 1. The van der Waals surface area contributed by atoms with Gasteiger partial charge in [0.25, 0.3) is 5.91 Å². The van der Waals surface area contributed by atoms with E-state index in [0.717, 1.165) is 5.56 Å². The van der Waals surface area contributed by atoms with E-state index < -0.39 is 0 Å². The molecule has 1 N–H and O–H groups in total. The third-order valence-corrected chi connectivity index (χ3v) is 3.92. The number of carbonyl (C=O) groups is 1. The summed E-state index contributed by atoms with van der Waals surface area (Å²) < 4.78 is 1.64. The van der Waals surface area contributed by atoms with Gasteiger partial charge < -0.3 is 5.32 Å². The highest BCUT2D eigenvalue weighted by Gasteiger charge is 2.17. The van der Waals surface area contributed by atoms with Crippen molar-refractivity contribution in [3.63, 3.8) is 0 Å². The molecule has 5 nitrogen and oxygen atoms in total. The zero-order chi connectivity index (χ0) is 17.1. The van der Waals surface area contributed by atoms with E-state index in [-0.39, 0.29) is 11.6 Å². The van der Waals surface area contributed by atoms with Crippen LogP contribution in [0.2, 0.25) is 10.0 Å². The average molecular weight is 361 g/mol. The zero-order valence-corrected chi connectivity index (χ0v) is 14.3. The van der Waals surface area contributed by atoms with Crippen LogP contribution in [0.15, 0.2) is 48.5 Å². The summed E-state index contributed by atoms with van der Waals surface area (Å²) in [5.41, 5.74) is 2.54. The van der Waals surface area contributed by atoms with E-state index in [4.69, 9.17) is 23.2 Å². The highest BCUT2D eigenvalue weighted by Crippen LogP contribution is 2.20. The maximum atomic E-state index is 12.3. The maximum Gasteiger partial charge on any atom is 0.278 e. The van der Waals surface area contributed by atoms with Gasteiger partial charge in [0.2, 0.25) is 0 Å². The van der Waals surface area contributed by atoms with Crippen LogP contribution in [0, 0.1) is 6.92 Å².